The Hall–Kier alpha value is -2.49. The summed E-state index contributed by atoms with van der Waals surface area (Å²) >= 11 is 0. The van der Waals surface area contributed by atoms with Gasteiger partial charge in [0.2, 0.25) is 0 Å². The summed E-state index contributed by atoms with van der Waals surface area (Å²) in [5.41, 5.74) is 1.39. The molecule has 0 spiro atoms. The van der Waals surface area contributed by atoms with Crippen LogP contribution in [0.1, 0.15) is 38.8 Å². The molecule has 140 valence electrons. The number of hydrogen-bond acceptors (Lipinski definition) is 5. The topological polar surface area (TPSA) is 60.7 Å². The lowest BCUT2D eigenvalue weighted by Crippen LogP contribution is -2.41. The van der Waals surface area contributed by atoms with Crippen molar-refractivity contribution in [1.29, 1.82) is 5.26 Å². The van der Waals surface area contributed by atoms with Gasteiger partial charge in [0.25, 0.3) is 0 Å². The maximum absolute atomic E-state index is 9.24. The van der Waals surface area contributed by atoms with Crippen molar-refractivity contribution in [1.82, 2.24) is 0 Å². The van der Waals surface area contributed by atoms with E-state index in [0.717, 1.165) is 11.0 Å². The molecule has 0 bridgehead atoms. The molecule has 0 N–H and O–H groups in total. The molecule has 0 aliphatic carbocycles. The predicted octanol–water partition coefficient (Wildman–Crippen LogP) is 3.45. The molecule has 0 unspecified atom stereocenters. The second-order valence-corrected chi connectivity index (χ2v) is 7.56. The van der Waals surface area contributed by atoms with E-state index < -0.39 is 18.3 Å². The minimum Gasteiger partial charge on any atom is -0.495 e. The average molecular weight is 365 g/mol. The summed E-state index contributed by atoms with van der Waals surface area (Å²) in [5, 5.41) is 9.24. The Kier molecular flexibility index (Phi) is 5.19. The van der Waals surface area contributed by atoms with E-state index in [4.69, 9.17) is 18.8 Å². The van der Waals surface area contributed by atoms with Gasteiger partial charge in [0.1, 0.15) is 24.2 Å². The number of para-hydroxylation sites is 1. The van der Waals surface area contributed by atoms with Gasteiger partial charge in [-0.3, -0.25) is 0 Å². The molecule has 5 nitrogen and oxygen atoms in total. The maximum atomic E-state index is 9.24. The molecule has 2 aromatic rings. The highest BCUT2D eigenvalue weighted by Crippen LogP contribution is 2.37. The Labute approximate surface area is 161 Å². The lowest BCUT2D eigenvalue weighted by Gasteiger charge is -2.32. The van der Waals surface area contributed by atoms with Crippen LogP contribution in [0.15, 0.2) is 42.5 Å². The largest absolute Gasteiger partial charge is 0.498 e. The maximum Gasteiger partial charge on any atom is 0.498 e. The summed E-state index contributed by atoms with van der Waals surface area (Å²) in [7, 11) is 1.06. The van der Waals surface area contributed by atoms with Gasteiger partial charge in [0.05, 0.1) is 23.9 Å². The summed E-state index contributed by atoms with van der Waals surface area (Å²) in [4.78, 5) is 0. The van der Waals surface area contributed by atoms with E-state index >= 15 is 0 Å². The van der Waals surface area contributed by atoms with Crippen molar-refractivity contribution in [3.05, 3.63) is 53.6 Å². The van der Waals surface area contributed by atoms with Gasteiger partial charge in [0.15, 0.2) is 0 Å². The Balaban J connectivity index is 1.79. The summed E-state index contributed by atoms with van der Waals surface area (Å²) in [6, 6.07) is 15.3. The minimum absolute atomic E-state index is 0.329. The zero-order valence-electron chi connectivity index (χ0n) is 16.4. The number of methoxy groups -OCH3 is 1. The quantitative estimate of drug-likeness (QED) is 0.760. The smallest absolute Gasteiger partial charge is 0.495 e. The number of ether oxygens (including phenoxy) is 2. The van der Waals surface area contributed by atoms with Crippen molar-refractivity contribution in [3.8, 4) is 17.6 Å². The molecule has 0 atom stereocenters. The van der Waals surface area contributed by atoms with E-state index in [0.29, 0.717) is 23.7 Å². The van der Waals surface area contributed by atoms with Crippen molar-refractivity contribution < 1.29 is 18.8 Å². The van der Waals surface area contributed by atoms with Gasteiger partial charge in [-0.15, -0.1) is 0 Å². The van der Waals surface area contributed by atoms with E-state index in [1.807, 2.05) is 58.0 Å². The first-order chi connectivity index (χ1) is 12.8. The lowest BCUT2D eigenvalue weighted by molar-refractivity contribution is 0.00578. The van der Waals surface area contributed by atoms with Crippen LogP contribution in [0.3, 0.4) is 0 Å². The highest BCUT2D eigenvalue weighted by Gasteiger charge is 2.52. The second-order valence-electron chi connectivity index (χ2n) is 7.56. The van der Waals surface area contributed by atoms with E-state index in [1.165, 1.54) is 0 Å². The first-order valence-electron chi connectivity index (χ1n) is 8.92. The molecule has 27 heavy (non-hydrogen) atoms. The summed E-state index contributed by atoms with van der Waals surface area (Å²) in [6.07, 6.45) is 0. The number of nitriles is 1. The molecule has 1 fully saturated rings. The zero-order valence-corrected chi connectivity index (χ0v) is 16.4. The van der Waals surface area contributed by atoms with Crippen LogP contribution in [0.5, 0.6) is 11.5 Å². The standard InChI is InChI=1S/C21H24BNO4/c1-20(2)21(3,4)27-22(26-20)17-8-6-7-9-19(17)25-14-15-10-11-18(24-5)16(12-15)13-23/h6-12H,14H2,1-5H3. The number of nitrogens with zero attached hydrogens (tertiary/aromatic N) is 1. The van der Waals surface area contributed by atoms with Crippen LogP contribution < -0.4 is 14.9 Å². The van der Waals surface area contributed by atoms with Crippen LogP contribution in [0, 0.1) is 11.3 Å². The van der Waals surface area contributed by atoms with Crippen molar-refractivity contribution in [2.45, 2.75) is 45.5 Å². The minimum atomic E-state index is -0.489. The van der Waals surface area contributed by atoms with Gasteiger partial charge in [-0.25, -0.2) is 0 Å². The Morgan fingerprint density at radius 1 is 1.00 bits per heavy atom. The number of benzene rings is 2. The molecule has 2 aromatic carbocycles. The van der Waals surface area contributed by atoms with Crippen molar-refractivity contribution in [3.63, 3.8) is 0 Å². The second kappa shape index (κ2) is 7.26. The summed E-state index contributed by atoms with van der Waals surface area (Å²) in [6.45, 7) is 8.43. The van der Waals surface area contributed by atoms with Crippen molar-refractivity contribution >= 4 is 12.6 Å². The van der Waals surface area contributed by atoms with Gasteiger partial charge in [-0.2, -0.15) is 5.26 Å². The fourth-order valence-electron chi connectivity index (χ4n) is 2.87. The molecular weight excluding hydrogens is 341 g/mol. The van der Waals surface area contributed by atoms with Gasteiger partial charge in [0, 0.05) is 5.46 Å². The Morgan fingerprint density at radius 3 is 2.30 bits per heavy atom. The van der Waals surface area contributed by atoms with Crippen LogP contribution in [-0.4, -0.2) is 25.4 Å². The molecule has 0 amide bonds. The first kappa shape index (κ1) is 19.3. The number of hydrogen-bond donors (Lipinski definition) is 0. The highest BCUT2D eigenvalue weighted by atomic mass is 16.7. The Bertz CT molecular complexity index is 857. The van der Waals surface area contributed by atoms with Crippen LogP contribution in [0.4, 0.5) is 0 Å². The fourth-order valence-corrected chi connectivity index (χ4v) is 2.87. The summed E-state index contributed by atoms with van der Waals surface area (Å²) < 4.78 is 23.5. The molecule has 0 aromatic heterocycles. The third-order valence-corrected chi connectivity index (χ3v) is 5.20. The molecule has 1 aliphatic rings. The molecular formula is C21H24BNO4. The highest BCUT2D eigenvalue weighted by molar-refractivity contribution is 6.63. The normalized spacial score (nSPS) is 17.4. The van der Waals surface area contributed by atoms with E-state index in [1.54, 1.807) is 19.2 Å². The van der Waals surface area contributed by atoms with Crippen LogP contribution in [0.25, 0.3) is 0 Å². The van der Waals surface area contributed by atoms with Gasteiger partial charge in [-0.1, -0.05) is 24.3 Å². The van der Waals surface area contributed by atoms with Gasteiger partial charge >= 0.3 is 7.12 Å². The van der Waals surface area contributed by atoms with Crippen molar-refractivity contribution in [2.24, 2.45) is 0 Å². The van der Waals surface area contributed by atoms with Crippen LogP contribution >= 0.6 is 0 Å². The molecule has 3 rings (SSSR count). The third kappa shape index (κ3) is 3.80. The molecule has 1 saturated heterocycles. The monoisotopic (exact) mass is 365 g/mol. The SMILES string of the molecule is COc1ccc(COc2ccccc2B2OC(C)(C)C(C)(C)O2)cc1C#N. The first-order valence-corrected chi connectivity index (χ1v) is 8.92. The zero-order chi connectivity index (χ0) is 19.7. The van der Waals surface area contributed by atoms with Gasteiger partial charge in [-0.05, 0) is 51.5 Å². The fraction of sp³-hybridized carbons (Fsp3) is 0.381. The summed E-state index contributed by atoms with van der Waals surface area (Å²) in [5.74, 6) is 1.25. The molecule has 1 aliphatic heterocycles. The Morgan fingerprint density at radius 2 is 1.67 bits per heavy atom. The van der Waals surface area contributed by atoms with E-state index in [-0.39, 0.29) is 0 Å². The third-order valence-electron chi connectivity index (χ3n) is 5.20. The van der Waals surface area contributed by atoms with Crippen molar-refractivity contribution in [2.75, 3.05) is 7.11 Å². The van der Waals surface area contributed by atoms with E-state index in [9.17, 15) is 5.26 Å². The molecule has 0 saturated carbocycles. The number of rotatable bonds is 5. The molecule has 6 heteroatoms. The average Bonchev–Trinajstić information content (AvgIpc) is 2.87. The lowest BCUT2D eigenvalue weighted by atomic mass is 9.78. The molecule has 0 radical (unpaired) electrons. The van der Waals surface area contributed by atoms with Gasteiger partial charge < -0.3 is 18.8 Å². The van der Waals surface area contributed by atoms with Crippen LogP contribution in [-0.2, 0) is 15.9 Å². The predicted molar refractivity (Wildman–Crippen MR) is 104 cm³/mol. The molecule has 1 heterocycles. The van der Waals surface area contributed by atoms with E-state index in [2.05, 4.69) is 6.07 Å². The van der Waals surface area contributed by atoms with Crippen LogP contribution in [0.2, 0.25) is 0 Å².